The third-order valence-electron chi connectivity index (χ3n) is 2.46. The fourth-order valence-corrected chi connectivity index (χ4v) is 2.91. The highest BCUT2D eigenvalue weighted by molar-refractivity contribution is 9.10. The van der Waals surface area contributed by atoms with E-state index in [1.807, 2.05) is 0 Å². The first-order valence-corrected chi connectivity index (χ1v) is 7.03. The van der Waals surface area contributed by atoms with Crippen LogP contribution in [-0.2, 0) is 0 Å². The van der Waals surface area contributed by atoms with Gasteiger partial charge in [0.2, 0.25) is 0 Å². The number of halogens is 1. The molecule has 0 aliphatic rings. The van der Waals surface area contributed by atoms with Gasteiger partial charge >= 0.3 is 5.97 Å². The highest BCUT2D eigenvalue weighted by Crippen LogP contribution is 2.35. The van der Waals surface area contributed by atoms with Crippen LogP contribution in [0.4, 0.5) is 5.69 Å². The number of benzene rings is 2. The first-order valence-electron chi connectivity index (χ1n) is 5.42. The van der Waals surface area contributed by atoms with E-state index < -0.39 is 10.9 Å². The third kappa shape index (κ3) is 3.37. The van der Waals surface area contributed by atoms with Crippen LogP contribution in [0.3, 0.4) is 0 Å². The molecule has 0 aliphatic carbocycles. The molecule has 1 N–H and O–H groups in total. The van der Waals surface area contributed by atoms with E-state index in [4.69, 9.17) is 5.11 Å². The minimum Gasteiger partial charge on any atom is -0.478 e. The second-order valence-electron chi connectivity index (χ2n) is 3.80. The number of non-ortho nitro benzene ring substituents is 1. The average molecular weight is 354 g/mol. The quantitative estimate of drug-likeness (QED) is 0.657. The van der Waals surface area contributed by atoms with Crippen LogP contribution >= 0.6 is 27.7 Å². The van der Waals surface area contributed by atoms with Gasteiger partial charge in [0, 0.05) is 26.4 Å². The van der Waals surface area contributed by atoms with E-state index >= 15 is 0 Å². The summed E-state index contributed by atoms with van der Waals surface area (Å²) in [6.07, 6.45) is 0. The summed E-state index contributed by atoms with van der Waals surface area (Å²) in [4.78, 5) is 22.6. The zero-order valence-corrected chi connectivity index (χ0v) is 12.3. The molecule has 0 spiro atoms. The molecule has 0 heterocycles. The molecular weight excluding hydrogens is 346 g/mol. The normalized spacial score (nSPS) is 10.2. The van der Waals surface area contributed by atoms with Gasteiger partial charge in [-0.1, -0.05) is 11.8 Å². The summed E-state index contributed by atoms with van der Waals surface area (Å²) < 4.78 is 0.624. The number of nitro groups is 1. The van der Waals surface area contributed by atoms with Crippen LogP contribution in [0.25, 0.3) is 0 Å². The molecule has 2 aromatic rings. The van der Waals surface area contributed by atoms with Gasteiger partial charge in [0.05, 0.1) is 10.5 Å². The molecule has 5 nitrogen and oxygen atoms in total. The van der Waals surface area contributed by atoms with Gasteiger partial charge in [0.1, 0.15) is 0 Å². The van der Waals surface area contributed by atoms with Crippen molar-refractivity contribution in [1.29, 1.82) is 0 Å². The summed E-state index contributed by atoms with van der Waals surface area (Å²) in [6.45, 7) is 0. The molecule has 0 bridgehead atoms. The minimum absolute atomic E-state index is 0.0162. The maximum absolute atomic E-state index is 10.7. The summed E-state index contributed by atoms with van der Waals surface area (Å²) in [7, 11) is 0. The molecule has 0 aliphatic heterocycles. The van der Waals surface area contributed by atoms with Crippen LogP contribution in [0.15, 0.2) is 56.7 Å². The number of carbonyl (C=O) groups is 1. The third-order valence-corrected chi connectivity index (χ3v) is 4.46. The number of rotatable bonds is 4. The van der Waals surface area contributed by atoms with Crippen molar-refractivity contribution in [3.8, 4) is 0 Å². The van der Waals surface area contributed by atoms with Crippen molar-refractivity contribution >= 4 is 39.3 Å². The monoisotopic (exact) mass is 353 g/mol. The Bertz CT molecular complexity index is 673. The molecule has 102 valence electrons. The molecule has 20 heavy (non-hydrogen) atoms. The van der Waals surface area contributed by atoms with E-state index in [2.05, 4.69) is 15.9 Å². The van der Waals surface area contributed by atoms with Gasteiger partial charge in [0.15, 0.2) is 0 Å². The van der Waals surface area contributed by atoms with Crippen LogP contribution in [0, 0.1) is 10.1 Å². The Morgan fingerprint density at radius 3 is 2.35 bits per heavy atom. The van der Waals surface area contributed by atoms with Crippen LogP contribution in [0.2, 0.25) is 0 Å². The predicted octanol–water partition coefficient (Wildman–Crippen LogP) is 4.21. The van der Waals surface area contributed by atoms with Crippen molar-refractivity contribution in [2.45, 2.75) is 9.79 Å². The van der Waals surface area contributed by atoms with Gasteiger partial charge in [-0.2, -0.15) is 0 Å². The Kier molecular flexibility index (Phi) is 4.41. The van der Waals surface area contributed by atoms with Crippen LogP contribution in [-0.4, -0.2) is 16.0 Å². The summed E-state index contributed by atoms with van der Waals surface area (Å²) >= 11 is 4.68. The van der Waals surface area contributed by atoms with Crippen LogP contribution < -0.4 is 0 Å². The molecule has 0 fully saturated rings. The number of carboxylic acid groups (broad SMARTS) is 1. The molecule has 7 heteroatoms. The van der Waals surface area contributed by atoms with Gasteiger partial charge in [0.25, 0.3) is 5.69 Å². The SMILES string of the molecule is O=C(O)c1ccc(Sc2ccc([N+](=O)[O-])cc2Br)cc1. The van der Waals surface area contributed by atoms with Gasteiger partial charge in [-0.05, 0) is 46.3 Å². The van der Waals surface area contributed by atoms with E-state index in [1.54, 1.807) is 18.2 Å². The lowest BCUT2D eigenvalue weighted by Gasteiger charge is -2.04. The fourth-order valence-electron chi connectivity index (χ4n) is 1.48. The average Bonchev–Trinajstić information content (AvgIpc) is 2.41. The second kappa shape index (κ2) is 6.06. The maximum atomic E-state index is 10.7. The van der Waals surface area contributed by atoms with Gasteiger partial charge in [-0.25, -0.2) is 4.79 Å². The molecule has 0 unspecified atom stereocenters. The van der Waals surface area contributed by atoms with Gasteiger partial charge in [-0.3, -0.25) is 10.1 Å². The Morgan fingerprint density at radius 2 is 1.85 bits per heavy atom. The van der Waals surface area contributed by atoms with E-state index in [0.717, 1.165) is 9.79 Å². The van der Waals surface area contributed by atoms with Gasteiger partial charge in [-0.15, -0.1) is 0 Å². The highest BCUT2D eigenvalue weighted by atomic mass is 79.9. The largest absolute Gasteiger partial charge is 0.478 e. The molecule has 0 radical (unpaired) electrons. The number of hydrogen-bond donors (Lipinski definition) is 1. The summed E-state index contributed by atoms with van der Waals surface area (Å²) in [5.41, 5.74) is 0.236. The fraction of sp³-hybridized carbons (Fsp3) is 0. The zero-order valence-electron chi connectivity index (χ0n) is 9.95. The second-order valence-corrected chi connectivity index (χ2v) is 5.77. The Morgan fingerprint density at radius 1 is 1.20 bits per heavy atom. The summed E-state index contributed by atoms with van der Waals surface area (Å²) in [6, 6.07) is 10.9. The van der Waals surface area contributed by atoms with Crippen molar-refractivity contribution in [3.63, 3.8) is 0 Å². The van der Waals surface area contributed by atoms with E-state index in [9.17, 15) is 14.9 Å². The molecule has 0 saturated carbocycles. The predicted molar refractivity (Wildman–Crippen MR) is 78.3 cm³/mol. The van der Waals surface area contributed by atoms with E-state index in [0.29, 0.717) is 4.47 Å². The summed E-state index contributed by atoms with van der Waals surface area (Å²) in [5, 5.41) is 19.5. The number of carboxylic acids is 1. The first kappa shape index (κ1) is 14.5. The standard InChI is InChI=1S/C13H8BrNO4S/c14-11-7-9(15(18)19)3-6-12(11)20-10-4-1-8(2-5-10)13(16)17/h1-7H,(H,16,17). The Hall–Kier alpha value is -1.86. The molecule has 0 saturated heterocycles. The molecule has 0 amide bonds. The number of nitrogens with zero attached hydrogens (tertiary/aromatic N) is 1. The maximum Gasteiger partial charge on any atom is 0.335 e. The molecule has 2 aromatic carbocycles. The zero-order chi connectivity index (χ0) is 14.7. The van der Waals surface area contributed by atoms with Crippen molar-refractivity contribution in [2.24, 2.45) is 0 Å². The van der Waals surface area contributed by atoms with E-state index in [1.165, 1.54) is 36.0 Å². The molecule has 0 atom stereocenters. The minimum atomic E-state index is -0.974. The van der Waals surface area contributed by atoms with Crippen molar-refractivity contribution < 1.29 is 14.8 Å². The molecular formula is C13H8BrNO4S. The molecule has 2 rings (SSSR count). The topological polar surface area (TPSA) is 80.4 Å². The summed E-state index contributed by atoms with van der Waals surface area (Å²) in [5.74, 6) is -0.974. The van der Waals surface area contributed by atoms with Crippen LogP contribution in [0.1, 0.15) is 10.4 Å². The Balaban J connectivity index is 2.21. The highest BCUT2D eigenvalue weighted by Gasteiger charge is 2.10. The van der Waals surface area contributed by atoms with Crippen LogP contribution in [0.5, 0.6) is 0 Å². The van der Waals surface area contributed by atoms with Gasteiger partial charge < -0.3 is 5.11 Å². The first-order chi connectivity index (χ1) is 9.47. The van der Waals surface area contributed by atoms with Crippen molar-refractivity contribution in [1.82, 2.24) is 0 Å². The number of aromatic carboxylic acids is 1. The lowest BCUT2D eigenvalue weighted by atomic mass is 10.2. The smallest absolute Gasteiger partial charge is 0.335 e. The number of nitro benzene ring substituents is 1. The van der Waals surface area contributed by atoms with Crippen molar-refractivity contribution in [2.75, 3.05) is 0 Å². The Labute approximate surface area is 126 Å². The van der Waals surface area contributed by atoms with Crippen molar-refractivity contribution in [3.05, 3.63) is 62.6 Å². The van der Waals surface area contributed by atoms with E-state index in [-0.39, 0.29) is 11.3 Å². The lowest BCUT2D eigenvalue weighted by molar-refractivity contribution is -0.385. The molecule has 0 aromatic heterocycles. The number of hydrogen-bond acceptors (Lipinski definition) is 4. The lowest BCUT2D eigenvalue weighted by Crippen LogP contribution is -1.94.